The highest BCUT2D eigenvalue weighted by Gasteiger charge is 2.50. The van der Waals surface area contributed by atoms with E-state index in [1.54, 1.807) is 18.1 Å². The molecule has 0 saturated carbocycles. The van der Waals surface area contributed by atoms with Crippen LogP contribution >= 0.6 is 11.6 Å². The molecular weight excluding hydrogens is 340 g/mol. The number of nitrogens with one attached hydrogen (secondary N) is 1. The molecular formula is C19H19ClN2O3. The van der Waals surface area contributed by atoms with Gasteiger partial charge in [-0.05, 0) is 49.7 Å². The molecule has 1 N–H and O–H groups in total. The molecule has 0 spiro atoms. The number of fused-ring (bicyclic) bond motifs is 4. The summed E-state index contributed by atoms with van der Waals surface area (Å²) in [7, 11) is 1.60. The third-order valence-corrected chi connectivity index (χ3v) is 5.04. The van der Waals surface area contributed by atoms with Gasteiger partial charge in [0, 0.05) is 17.0 Å². The zero-order valence-electron chi connectivity index (χ0n) is 14.3. The van der Waals surface area contributed by atoms with Gasteiger partial charge in [0.25, 0.3) is 0 Å². The number of hydrogen-bond donors (Lipinski definition) is 1. The van der Waals surface area contributed by atoms with E-state index < -0.39 is 5.72 Å². The highest BCUT2D eigenvalue weighted by molar-refractivity contribution is 6.30. The molecule has 2 atom stereocenters. The zero-order valence-corrected chi connectivity index (χ0v) is 15.1. The molecule has 2 bridgehead atoms. The van der Waals surface area contributed by atoms with Gasteiger partial charge in [-0.25, -0.2) is 4.79 Å². The van der Waals surface area contributed by atoms with Gasteiger partial charge in [-0.1, -0.05) is 17.7 Å². The summed E-state index contributed by atoms with van der Waals surface area (Å²) in [5.41, 5.74) is 1.83. The number of carbonyl (C=O) groups excluding carboxylic acids is 1. The molecule has 0 aromatic heterocycles. The van der Waals surface area contributed by atoms with Gasteiger partial charge < -0.3 is 14.8 Å². The standard InChI is InChI=1S/C19H19ClN2O3/c1-11-4-6-17(24-3)15(8-11)22-18(23)21-14-10-19(22,2)25-16-7-5-12(20)9-13(14)16/h4-9,14H,10H2,1-3H3,(H,21,23)/t14-,19-/m0/s1. The third-order valence-electron chi connectivity index (χ3n) is 4.81. The average molecular weight is 359 g/mol. The molecule has 0 radical (unpaired) electrons. The summed E-state index contributed by atoms with van der Waals surface area (Å²) in [4.78, 5) is 14.6. The average Bonchev–Trinajstić information content (AvgIpc) is 2.55. The fraction of sp³-hybridized carbons (Fsp3) is 0.316. The van der Waals surface area contributed by atoms with Crippen molar-refractivity contribution in [2.24, 2.45) is 0 Å². The smallest absolute Gasteiger partial charge is 0.325 e. The first-order chi connectivity index (χ1) is 11.9. The normalized spacial score (nSPS) is 24.2. The number of urea groups is 1. The second kappa shape index (κ2) is 5.56. The van der Waals surface area contributed by atoms with Crippen LogP contribution in [0.2, 0.25) is 5.02 Å². The Morgan fingerprint density at radius 2 is 2.12 bits per heavy atom. The van der Waals surface area contributed by atoms with E-state index in [-0.39, 0.29) is 12.1 Å². The number of benzene rings is 2. The molecule has 2 aliphatic rings. The number of anilines is 1. The van der Waals surface area contributed by atoms with E-state index in [4.69, 9.17) is 21.1 Å². The molecule has 2 aliphatic heterocycles. The molecule has 5 nitrogen and oxygen atoms in total. The van der Waals surface area contributed by atoms with Crippen LogP contribution in [0.3, 0.4) is 0 Å². The number of nitrogens with zero attached hydrogens (tertiary/aromatic N) is 1. The summed E-state index contributed by atoms with van der Waals surface area (Å²) >= 11 is 6.11. The van der Waals surface area contributed by atoms with Crippen LogP contribution in [0, 0.1) is 6.92 Å². The lowest BCUT2D eigenvalue weighted by molar-refractivity contribution is 0.0375. The molecule has 2 heterocycles. The van der Waals surface area contributed by atoms with E-state index in [0.29, 0.717) is 22.9 Å². The summed E-state index contributed by atoms with van der Waals surface area (Å²) in [6.45, 7) is 3.91. The number of aryl methyl sites for hydroxylation is 1. The van der Waals surface area contributed by atoms with Crippen LogP contribution in [0.25, 0.3) is 0 Å². The molecule has 0 unspecified atom stereocenters. The molecule has 2 aromatic rings. The molecule has 0 aliphatic carbocycles. The minimum absolute atomic E-state index is 0.132. The van der Waals surface area contributed by atoms with E-state index in [9.17, 15) is 4.79 Å². The number of ether oxygens (including phenoxy) is 2. The number of hydrogen-bond acceptors (Lipinski definition) is 3. The van der Waals surface area contributed by atoms with E-state index in [0.717, 1.165) is 16.9 Å². The molecule has 2 aromatic carbocycles. The maximum Gasteiger partial charge on any atom is 0.325 e. The predicted octanol–water partition coefficient (Wildman–Crippen LogP) is 4.43. The summed E-state index contributed by atoms with van der Waals surface area (Å²) in [6, 6.07) is 10.9. The van der Waals surface area contributed by atoms with Crippen LogP contribution < -0.4 is 19.7 Å². The number of amides is 2. The van der Waals surface area contributed by atoms with Crippen molar-refractivity contribution in [3.63, 3.8) is 0 Å². The molecule has 1 saturated heterocycles. The van der Waals surface area contributed by atoms with Crippen LogP contribution in [0.15, 0.2) is 36.4 Å². The van der Waals surface area contributed by atoms with Gasteiger partial charge in [0.05, 0.1) is 18.8 Å². The summed E-state index contributed by atoms with van der Waals surface area (Å²) < 4.78 is 11.7. The van der Waals surface area contributed by atoms with Crippen molar-refractivity contribution in [2.45, 2.75) is 32.0 Å². The number of halogens is 1. The van der Waals surface area contributed by atoms with Crippen molar-refractivity contribution in [3.8, 4) is 11.5 Å². The minimum atomic E-state index is -0.811. The fourth-order valence-corrected chi connectivity index (χ4v) is 3.87. The zero-order chi connectivity index (χ0) is 17.8. The lowest BCUT2D eigenvalue weighted by Crippen LogP contribution is -2.65. The van der Waals surface area contributed by atoms with Crippen molar-refractivity contribution < 1.29 is 14.3 Å². The van der Waals surface area contributed by atoms with Crippen LogP contribution in [0.4, 0.5) is 10.5 Å². The Morgan fingerprint density at radius 1 is 1.32 bits per heavy atom. The van der Waals surface area contributed by atoms with Gasteiger partial charge in [0.2, 0.25) is 0 Å². The van der Waals surface area contributed by atoms with Crippen molar-refractivity contribution in [1.29, 1.82) is 0 Å². The molecule has 4 rings (SSSR count). The van der Waals surface area contributed by atoms with Crippen LogP contribution in [0.5, 0.6) is 11.5 Å². The Morgan fingerprint density at radius 3 is 2.88 bits per heavy atom. The monoisotopic (exact) mass is 358 g/mol. The van der Waals surface area contributed by atoms with E-state index >= 15 is 0 Å². The first kappa shape index (κ1) is 16.1. The third kappa shape index (κ3) is 2.50. The van der Waals surface area contributed by atoms with E-state index in [1.165, 1.54) is 0 Å². The van der Waals surface area contributed by atoms with Gasteiger partial charge in [-0.2, -0.15) is 0 Å². The van der Waals surface area contributed by atoms with Crippen LogP contribution in [-0.2, 0) is 0 Å². The SMILES string of the molecule is COc1ccc(C)cc1N1C(=O)N[C@H]2C[C@]1(C)Oc1ccc(Cl)cc12. The second-order valence-corrected chi connectivity index (χ2v) is 7.11. The minimum Gasteiger partial charge on any atom is -0.495 e. The van der Waals surface area contributed by atoms with E-state index in [1.807, 2.05) is 44.2 Å². The van der Waals surface area contributed by atoms with Gasteiger partial charge in [0.1, 0.15) is 11.5 Å². The molecule has 25 heavy (non-hydrogen) atoms. The first-order valence-electron chi connectivity index (χ1n) is 8.15. The first-order valence-corrected chi connectivity index (χ1v) is 8.53. The van der Waals surface area contributed by atoms with Crippen molar-refractivity contribution in [3.05, 3.63) is 52.5 Å². The van der Waals surface area contributed by atoms with Gasteiger partial charge in [-0.15, -0.1) is 0 Å². The Labute approximate surface area is 151 Å². The van der Waals surface area contributed by atoms with Crippen molar-refractivity contribution in [2.75, 3.05) is 12.0 Å². The lowest BCUT2D eigenvalue weighted by Gasteiger charge is -2.50. The number of rotatable bonds is 2. The maximum absolute atomic E-state index is 12.9. The summed E-state index contributed by atoms with van der Waals surface area (Å²) in [5.74, 6) is 1.37. The summed E-state index contributed by atoms with van der Waals surface area (Å²) in [5, 5.41) is 3.70. The Bertz CT molecular complexity index is 870. The Hall–Kier alpha value is -2.40. The highest BCUT2D eigenvalue weighted by Crippen LogP contribution is 2.47. The van der Waals surface area contributed by atoms with Crippen molar-refractivity contribution >= 4 is 23.3 Å². The largest absolute Gasteiger partial charge is 0.495 e. The molecule has 2 amide bonds. The highest BCUT2D eigenvalue weighted by atomic mass is 35.5. The quantitative estimate of drug-likeness (QED) is 0.864. The van der Waals surface area contributed by atoms with E-state index in [2.05, 4.69) is 5.32 Å². The fourth-order valence-electron chi connectivity index (χ4n) is 3.68. The van der Waals surface area contributed by atoms with Crippen LogP contribution in [-0.4, -0.2) is 18.9 Å². The molecule has 130 valence electrons. The number of methoxy groups -OCH3 is 1. The van der Waals surface area contributed by atoms with Crippen LogP contribution in [0.1, 0.15) is 30.5 Å². The molecule has 6 heteroatoms. The lowest BCUT2D eigenvalue weighted by atomic mass is 9.90. The number of carbonyl (C=O) groups is 1. The maximum atomic E-state index is 12.9. The molecule has 1 fully saturated rings. The van der Waals surface area contributed by atoms with Gasteiger partial charge in [-0.3, -0.25) is 4.90 Å². The Balaban J connectivity index is 1.83. The second-order valence-electron chi connectivity index (χ2n) is 6.68. The predicted molar refractivity (Wildman–Crippen MR) is 96.6 cm³/mol. The Kier molecular flexibility index (Phi) is 3.58. The summed E-state index contributed by atoms with van der Waals surface area (Å²) in [6.07, 6.45) is 0.614. The van der Waals surface area contributed by atoms with Gasteiger partial charge >= 0.3 is 6.03 Å². The topological polar surface area (TPSA) is 50.8 Å². The van der Waals surface area contributed by atoms with Gasteiger partial charge in [0.15, 0.2) is 5.72 Å². The van der Waals surface area contributed by atoms with Crippen molar-refractivity contribution in [1.82, 2.24) is 5.32 Å².